The Labute approximate surface area is 148 Å². The minimum atomic E-state index is -0.134. The van der Waals surface area contributed by atoms with Gasteiger partial charge in [-0.1, -0.05) is 13.0 Å². The molecule has 3 amide bonds. The van der Waals surface area contributed by atoms with Crippen LogP contribution >= 0.6 is 0 Å². The molecule has 2 rings (SSSR count). The SMILES string of the molecule is CCCNC(=O)N1CCCN(C(=O)c2c(OC)cccc2OC)CC1. The lowest BCUT2D eigenvalue weighted by atomic mass is 10.1. The van der Waals surface area contributed by atoms with Crippen LogP contribution in [0.3, 0.4) is 0 Å². The number of hydrogen-bond donors (Lipinski definition) is 1. The minimum Gasteiger partial charge on any atom is -0.496 e. The first-order valence-electron chi connectivity index (χ1n) is 8.65. The van der Waals surface area contributed by atoms with E-state index in [-0.39, 0.29) is 11.9 Å². The van der Waals surface area contributed by atoms with Gasteiger partial charge in [0.2, 0.25) is 0 Å². The molecule has 7 heteroatoms. The zero-order valence-electron chi connectivity index (χ0n) is 15.2. The Morgan fingerprint density at radius 1 is 1.04 bits per heavy atom. The van der Waals surface area contributed by atoms with E-state index in [1.54, 1.807) is 28.0 Å². The summed E-state index contributed by atoms with van der Waals surface area (Å²) in [5, 5.41) is 2.89. The topological polar surface area (TPSA) is 71.1 Å². The maximum atomic E-state index is 13.0. The Morgan fingerprint density at radius 2 is 1.64 bits per heavy atom. The highest BCUT2D eigenvalue weighted by Crippen LogP contribution is 2.29. The lowest BCUT2D eigenvalue weighted by molar-refractivity contribution is 0.0755. The quantitative estimate of drug-likeness (QED) is 0.882. The number of hydrogen-bond acceptors (Lipinski definition) is 4. The van der Waals surface area contributed by atoms with Crippen LogP contribution in [0, 0.1) is 0 Å². The van der Waals surface area contributed by atoms with Crippen molar-refractivity contribution in [2.24, 2.45) is 0 Å². The van der Waals surface area contributed by atoms with Crippen molar-refractivity contribution >= 4 is 11.9 Å². The average molecular weight is 349 g/mol. The van der Waals surface area contributed by atoms with Gasteiger partial charge in [-0.05, 0) is 25.0 Å². The third-order valence-corrected chi connectivity index (χ3v) is 4.24. The standard InChI is InChI=1S/C18H27N3O4/c1-4-9-19-18(23)21-11-6-10-20(12-13-21)17(22)16-14(24-2)7-5-8-15(16)25-3/h5,7-8H,4,6,9-13H2,1-3H3,(H,19,23). The molecular weight excluding hydrogens is 322 g/mol. The van der Waals surface area contributed by atoms with Gasteiger partial charge in [0.05, 0.1) is 14.2 Å². The lowest BCUT2D eigenvalue weighted by Crippen LogP contribution is -2.42. The third kappa shape index (κ3) is 4.55. The number of rotatable bonds is 5. The first kappa shape index (κ1) is 18.9. The first-order chi connectivity index (χ1) is 12.1. The Kier molecular flexibility index (Phi) is 6.91. The number of nitrogens with one attached hydrogen (secondary N) is 1. The van der Waals surface area contributed by atoms with Crippen molar-refractivity contribution in [1.82, 2.24) is 15.1 Å². The molecule has 1 N–H and O–H groups in total. The van der Waals surface area contributed by atoms with Gasteiger partial charge in [-0.3, -0.25) is 4.79 Å². The summed E-state index contributed by atoms with van der Waals surface area (Å²) < 4.78 is 10.7. The van der Waals surface area contributed by atoms with Crippen molar-refractivity contribution in [3.63, 3.8) is 0 Å². The maximum Gasteiger partial charge on any atom is 0.317 e. The summed E-state index contributed by atoms with van der Waals surface area (Å²) in [7, 11) is 3.07. The number of carbonyl (C=O) groups excluding carboxylic acids is 2. The fourth-order valence-corrected chi connectivity index (χ4v) is 2.89. The summed E-state index contributed by atoms with van der Waals surface area (Å²) in [5.41, 5.74) is 0.427. The van der Waals surface area contributed by atoms with Crippen molar-refractivity contribution in [3.8, 4) is 11.5 Å². The second-order valence-corrected chi connectivity index (χ2v) is 5.90. The van der Waals surface area contributed by atoms with Gasteiger partial charge < -0.3 is 24.6 Å². The third-order valence-electron chi connectivity index (χ3n) is 4.24. The van der Waals surface area contributed by atoms with Crippen LogP contribution in [0.2, 0.25) is 0 Å². The van der Waals surface area contributed by atoms with Crippen LogP contribution in [-0.2, 0) is 0 Å². The Bertz CT molecular complexity index is 584. The van der Waals surface area contributed by atoms with E-state index in [1.807, 2.05) is 6.92 Å². The Hall–Kier alpha value is -2.44. The van der Waals surface area contributed by atoms with E-state index in [4.69, 9.17) is 9.47 Å². The molecule has 138 valence electrons. The molecular formula is C18H27N3O4. The fourth-order valence-electron chi connectivity index (χ4n) is 2.89. The van der Waals surface area contributed by atoms with Crippen LogP contribution in [0.25, 0.3) is 0 Å². The average Bonchev–Trinajstić information content (AvgIpc) is 2.91. The van der Waals surface area contributed by atoms with Crippen molar-refractivity contribution < 1.29 is 19.1 Å². The molecule has 0 unspecified atom stereocenters. The number of urea groups is 1. The molecule has 0 bridgehead atoms. The second-order valence-electron chi connectivity index (χ2n) is 5.90. The smallest absolute Gasteiger partial charge is 0.317 e. The second kappa shape index (κ2) is 9.15. The molecule has 0 saturated carbocycles. The highest BCUT2D eigenvalue weighted by atomic mass is 16.5. The van der Waals surface area contributed by atoms with Crippen LogP contribution in [-0.4, -0.2) is 68.7 Å². The zero-order valence-corrected chi connectivity index (χ0v) is 15.2. The molecule has 1 heterocycles. The van der Waals surface area contributed by atoms with Gasteiger partial charge in [-0.25, -0.2) is 4.79 Å². The van der Waals surface area contributed by atoms with E-state index in [0.29, 0.717) is 49.8 Å². The van der Waals surface area contributed by atoms with Crippen LogP contribution < -0.4 is 14.8 Å². The van der Waals surface area contributed by atoms with Gasteiger partial charge in [0.15, 0.2) is 0 Å². The highest BCUT2D eigenvalue weighted by molar-refractivity contribution is 5.99. The molecule has 7 nitrogen and oxygen atoms in total. The van der Waals surface area contributed by atoms with Crippen molar-refractivity contribution in [3.05, 3.63) is 23.8 Å². The molecule has 0 aromatic heterocycles. The Balaban J connectivity index is 2.10. The van der Waals surface area contributed by atoms with Gasteiger partial charge in [0.1, 0.15) is 17.1 Å². The molecule has 0 radical (unpaired) electrons. The minimum absolute atomic E-state index is 0.0639. The first-order valence-corrected chi connectivity index (χ1v) is 8.65. The van der Waals surface area contributed by atoms with Crippen LogP contribution in [0.4, 0.5) is 4.79 Å². The predicted octanol–water partition coefficient (Wildman–Crippen LogP) is 1.97. The molecule has 1 aromatic rings. The molecule has 25 heavy (non-hydrogen) atoms. The monoisotopic (exact) mass is 349 g/mol. The molecule has 1 saturated heterocycles. The van der Waals surface area contributed by atoms with E-state index in [1.165, 1.54) is 14.2 Å². The molecule has 0 aliphatic carbocycles. The number of amides is 3. The van der Waals surface area contributed by atoms with E-state index in [0.717, 1.165) is 12.8 Å². The maximum absolute atomic E-state index is 13.0. The summed E-state index contributed by atoms with van der Waals surface area (Å²) >= 11 is 0. The molecule has 0 spiro atoms. The molecule has 1 fully saturated rings. The predicted molar refractivity (Wildman–Crippen MR) is 95.3 cm³/mol. The largest absolute Gasteiger partial charge is 0.496 e. The number of carbonyl (C=O) groups is 2. The lowest BCUT2D eigenvalue weighted by Gasteiger charge is -2.23. The van der Waals surface area contributed by atoms with E-state index in [9.17, 15) is 9.59 Å². The van der Waals surface area contributed by atoms with Gasteiger partial charge >= 0.3 is 6.03 Å². The summed E-state index contributed by atoms with van der Waals surface area (Å²) in [6.45, 7) is 4.92. The molecule has 1 aliphatic heterocycles. The van der Waals surface area contributed by atoms with Gasteiger partial charge in [0.25, 0.3) is 5.91 Å². The van der Waals surface area contributed by atoms with Gasteiger partial charge in [-0.2, -0.15) is 0 Å². The molecule has 1 aliphatic rings. The normalized spacial score (nSPS) is 14.7. The van der Waals surface area contributed by atoms with E-state index in [2.05, 4.69) is 5.32 Å². The summed E-state index contributed by atoms with van der Waals surface area (Å²) in [5.74, 6) is 0.849. The summed E-state index contributed by atoms with van der Waals surface area (Å²) in [6, 6.07) is 5.22. The Morgan fingerprint density at radius 3 is 2.24 bits per heavy atom. The summed E-state index contributed by atoms with van der Waals surface area (Å²) in [6.07, 6.45) is 1.64. The molecule has 1 aromatic carbocycles. The highest BCUT2D eigenvalue weighted by Gasteiger charge is 2.26. The van der Waals surface area contributed by atoms with Crippen molar-refractivity contribution in [2.45, 2.75) is 19.8 Å². The van der Waals surface area contributed by atoms with E-state index < -0.39 is 0 Å². The van der Waals surface area contributed by atoms with Gasteiger partial charge in [0, 0.05) is 32.7 Å². The van der Waals surface area contributed by atoms with E-state index >= 15 is 0 Å². The fraction of sp³-hybridized carbons (Fsp3) is 0.556. The zero-order chi connectivity index (χ0) is 18.2. The van der Waals surface area contributed by atoms with Crippen LogP contribution in [0.5, 0.6) is 11.5 Å². The summed E-state index contributed by atoms with van der Waals surface area (Å²) in [4.78, 5) is 28.7. The van der Waals surface area contributed by atoms with Crippen LogP contribution in [0.15, 0.2) is 18.2 Å². The van der Waals surface area contributed by atoms with Crippen molar-refractivity contribution in [1.29, 1.82) is 0 Å². The van der Waals surface area contributed by atoms with Crippen LogP contribution in [0.1, 0.15) is 30.1 Å². The number of nitrogens with zero attached hydrogens (tertiary/aromatic N) is 2. The number of ether oxygens (including phenoxy) is 2. The molecule has 0 atom stereocenters. The van der Waals surface area contributed by atoms with Gasteiger partial charge in [-0.15, -0.1) is 0 Å². The number of benzene rings is 1. The van der Waals surface area contributed by atoms with Crippen molar-refractivity contribution in [2.75, 3.05) is 46.9 Å². The number of methoxy groups -OCH3 is 2.